The van der Waals surface area contributed by atoms with E-state index >= 15 is 0 Å². The number of nitrogens with one attached hydrogen (secondary N) is 2. The van der Waals surface area contributed by atoms with Crippen molar-refractivity contribution in [3.63, 3.8) is 0 Å². The molecule has 106 valence electrons. The summed E-state index contributed by atoms with van der Waals surface area (Å²) in [4.78, 5) is 28.8. The van der Waals surface area contributed by atoms with Crippen molar-refractivity contribution in [2.24, 2.45) is 0 Å². The van der Waals surface area contributed by atoms with Crippen LogP contribution in [-0.4, -0.2) is 15.8 Å². The fourth-order valence-corrected chi connectivity index (χ4v) is 2.73. The van der Waals surface area contributed by atoms with Gasteiger partial charge in [0.15, 0.2) is 5.78 Å². The number of aromatic nitrogens is 2. The van der Waals surface area contributed by atoms with E-state index in [2.05, 4.69) is 25.9 Å². The molecule has 3 aromatic rings. The molecule has 0 radical (unpaired) electrons. The predicted octanol–water partition coefficient (Wildman–Crippen LogP) is 3.64. The molecule has 2 aromatic carbocycles. The quantitative estimate of drug-likeness (QED) is 0.677. The van der Waals surface area contributed by atoms with Crippen LogP contribution in [0.5, 0.6) is 0 Å². The van der Waals surface area contributed by atoms with Crippen LogP contribution >= 0.6 is 27.5 Å². The first kappa shape index (κ1) is 14.0. The van der Waals surface area contributed by atoms with Gasteiger partial charge < -0.3 is 9.97 Å². The maximum atomic E-state index is 13.9. The number of fused-ring (bicyclic) bond motifs is 1. The van der Waals surface area contributed by atoms with Gasteiger partial charge in [0.1, 0.15) is 5.82 Å². The first-order valence-corrected chi connectivity index (χ1v) is 7.04. The number of benzene rings is 2. The molecule has 0 saturated heterocycles. The van der Waals surface area contributed by atoms with Crippen LogP contribution in [0.15, 0.2) is 39.6 Å². The Hall–Kier alpha value is -1.92. The van der Waals surface area contributed by atoms with Gasteiger partial charge in [-0.15, -0.1) is 0 Å². The molecule has 0 unspecified atom stereocenters. The number of carbonyl (C=O) groups excluding carboxylic acids is 1. The van der Waals surface area contributed by atoms with Gasteiger partial charge in [-0.3, -0.25) is 4.79 Å². The average Bonchev–Trinajstić information content (AvgIpc) is 2.76. The highest BCUT2D eigenvalue weighted by atomic mass is 79.9. The first-order chi connectivity index (χ1) is 9.95. The van der Waals surface area contributed by atoms with Crippen LogP contribution in [0.3, 0.4) is 0 Å². The van der Waals surface area contributed by atoms with E-state index in [1.165, 1.54) is 18.2 Å². The molecule has 1 aromatic heterocycles. The molecular weight excluding hydrogens is 363 g/mol. The number of hydrogen-bond donors (Lipinski definition) is 2. The van der Waals surface area contributed by atoms with Crippen LogP contribution in [0, 0.1) is 5.82 Å². The molecular formula is C14H7BrClFN2O2. The van der Waals surface area contributed by atoms with Gasteiger partial charge >= 0.3 is 5.69 Å². The molecule has 0 saturated carbocycles. The molecule has 3 rings (SSSR count). The fourth-order valence-electron chi connectivity index (χ4n) is 2.05. The van der Waals surface area contributed by atoms with E-state index in [0.29, 0.717) is 15.5 Å². The van der Waals surface area contributed by atoms with E-state index < -0.39 is 11.6 Å². The Morgan fingerprint density at radius 3 is 2.43 bits per heavy atom. The second-order valence-electron chi connectivity index (χ2n) is 4.41. The van der Waals surface area contributed by atoms with Crippen LogP contribution in [0.25, 0.3) is 11.0 Å². The monoisotopic (exact) mass is 368 g/mol. The molecule has 0 atom stereocenters. The Bertz CT molecular complexity index is 932. The van der Waals surface area contributed by atoms with Crippen molar-refractivity contribution in [2.45, 2.75) is 0 Å². The lowest BCUT2D eigenvalue weighted by Crippen LogP contribution is -2.05. The third-order valence-electron chi connectivity index (χ3n) is 3.02. The Kier molecular flexibility index (Phi) is 3.43. The van der Waals surface area contributed by atoms with Crippen LogP contribution in [0.1, 0.15) is 15.9 Å². The summed E-state index contributed by atoms with van der Waals surface area (Å²) in [5.41, 5.74) is 0.816. The van der Waals surface area contributed by atoms with E-state index in [4.69, 9.17) is 11.6 Å². The summed E-state index contributed by atoms with van der Waals surface area (Å²) in [7, 11) is 0. The zero-order chi connectivity index (χ0) is 15.1. The highest BCUT2D eigenvalue weighted by Crippen LogP contribution is 2.26. The number of carbonyl (C=O) groups is 1. The maximum absolute atomic E-state index is 13.9. The summed E-state index contributed by atoms with van der Waals surface area (Å²) in [6.07, 6.45) is 0. The zero-order valence-electron chi connectivity index (χ0n) is 10.3. The minimum Gasteiger partial charge on any atom is -0.306 e. The zero-order valence-corrected chi connectivity index (χ0v) is 12.7. The van der Waals surface area contributed by atoms with Crippen LogP contribution < -0.4 is 5.69 Å². The summed E-state index contributed by atoms with van der Waals surface area (Å²) >= 11 is 8.93. The average molecular weight is 370 g/mol. The summed E-state index contributed by atoms with van der Waals surface area (Å²) in [5, 5.41) is 0.216. The Labute approximate surface area is 131 Å². The van der Waals surface area contributed by atoms with E-state index in [9.17, 15) is 14.0 Å². The largest absolute Gasteiger partial charge is 0.323 e. The summed E-state index contributed by atoms with van der Waals surface area (Å²) < 4.78 is 14.3. The number of hydrogen-bond acceptors (Lipinski definition) is 2. The molecule has 1 heterocycles. The molecule has 0 spiro atoms. The predicted molar refractivity (Wildman–Crippen MR) is 81.5 cm³/mol. The lowest BCUT2D eigenvalue weighted by molar-refractivity contribution is 0.103. The Morgan fingerprint density at radius 1 is 1.10 bits per heavy atom. The number of H-pyrrole nitrogens is 2. The summed E-state index contributed by atoms with van der Waals surface area (Å²) in [5.74, 6) is -1.19. The number of ketones is 1. The van der Waals surface area contributed by atoms with Gasteiger partial charge in [0.25, 0.3) is 0 Å². The number of aromatic amines is 2. The van der Waals surface area contributed by atoms with Gasteiger partial charge in [0, 0.05) is 15.1 Å². The van der Waals surface area contributed by atoms with Gasteiger partial charge in [0.2, 0.25) is 0 Å². The molecule has 0 aliphatic rings. The van der Waals surface area contributed by atoms with Gasteiger partial charge in [-0.25, -0.2) is 9.18 Å². The van der Waals surface area contributed by atoms with E-state index in [1.54, 1.807) is 6.07 Å². The fraction of sp³-hybridized carbons (Fsp3) is 0. The van der Waals surface area contributed by atoms with Gasteiger partial charge in [-0.1, -0.05) is 11.6 Å². The number of halogens is 3. The third-order valence-corrected chi connectivity index (χ3v) is 3.92. The van der Waals surface area contributed by atoms with Gasteiger partial charge in [0.05, 0.1) is 16.6 Å². The summed E-state index contributed by atoms with van der Waals surface area (Å²) in [6.45, 7) is 0. The van der Waals surface area contributed by atoms with E-state index in [0.717, 1.165) is 6.07 Å². The van der Waals surface area contributed by atoms with Crippen molar-refractivity contribution < 1.29 is 9.18 Å². The highest BCUT2D eigenvalue weighted by Gasteiger charge is 2.18. The molecule has 0 aliphatic carbocycles. The van der Waals surface area contributed by atoms with Crippen molar-refractivity contribution in [1.29, 1.82) is 0 Å². The Morgan fingerprint density at radius 2 is 1.76 bits per heavy atom. The van der Waals surface area contributed by atoms with Crippen LogP contribution in [0.2, 0.25) is 5.02 Å². The summed E-state index contributed by atoms with van der Waals surface area (Å²) in [6, 6.07) is 6.94. The minimum atomic E-state index is -0.693. The molecule has 0 amide bonds. The Balaban J connectivity index is 2.16. The lowest BCUT2D eigenvalue weighted by atomic mass is 10.0. The van der Waals surface area contributed by atoms with Gasteiger partial charge in [-0.2, -0.15) is 0 Å². The SMILES string of the molecule is O=C(c1ccc(Cl)cc1F)c1cc2[nH]c(=O)[nH]c2cc1Br. The molecule has 7 heteroatoms. The smallest absolute Gasteiger partial charge is 0.306 e. The highest BCUT2D eigenvalue weighted by molar-refractivity contribution is 9.10. The van der Waals surface area contributed by atoms with E-state index in [1.807, 2.05) is 0 Å². The normalized spacial score (nSPS) is 11.0. The third kappa shape index (κ3) is 2.52. The molecule has 21 heavy (non-hydrogen) atoms. The van der Waals surface area contributed by atoms with E-state index in [-0.39, 0.29) is 21.8 Å². The van der Waals surface area contributed by atoms with Crippen molar-refractivity contribution in [2.75, 3.05) is 0 Å². The standard InChI is InChI=1S/C14H7BrClFN2O2/c15-9-5-12-11(18-14(21)19-12)4-8(9)13(20)7-2-1-6(16)3-10(7)17/h1-5H,(H2,18,19,21). The van der Waals surface area contributed by atoms with Crippen LogP contribution in [0.4, 0.5) is 4.39 Å². The topological polar surface area (TPSA) is 65.7 Å². The lowest BCUT2D eigenvalue weighted by Gasteiger charge is -2.06. The minimum absolute atomic E-state index is 0.0858. The van der Waals surface area contributed by atoms with Gasteiger partial charge in [-0.05, 0) is 46.3 Å². The number of rotatable bonds is 2. The molecule has 0 aliphatic heterocycles. The van der Waals surface area contributed by atoms with Crippen molar-refractivity contribution in [3.8, 4) is 0 Å². The second kappa shape index (κ2) is 5.13. The molecule has 2 N–H and O–H groups in total. The second-order valence-corrected chi connectivity index (χ2v) is 5.70. The molecule has 4 nitrogen and oxygen atoms in total. The molecule has 0 fully saturated rings. The number of imidazole rings is 1. The van der Waals surface area contributed by atoms with Crippen LogP contribution in [-0.2, 0) is 0 Å². The first-order valence-electron chi connectivity index (χ1n) is 5.87. The van der Waals surface area contributed by atoms with Crippen molar-refractivity contribution in [1.82, 2.24) is 9.97 Å². The maximum Gasteiger partial charge on any atom is 0.323 e. The molecule has 0 bridgehead atoms. The van der Waals surface area contributed by atoms with Crippen molar-refractivity contribution in [3.05, 3.63) is 67.3 Å². The van der Waals surface area contributed by atoms with Crippen molar-refractivity contribution >= 4 is 44.3 Å².